The van der Waals surface area contributed by atoms with Crippen LogP contribution in [0.4, 0.5) is 0 Å². The highest BCUT2D eigenvalue weighted by atomic mass is 16.6. The van der Waals surface area contributed by atoms with Crippen LogP contribution in [0, 0.1) is 17.8 Å². The van der Waals surface area contributed by atoms with Gasteiger partial charge in [-0.3, -0.25) is 14.4 Å². The molecule has 8 rings (SSSR count). The number of aromatic hydroxyl groups is 1. The second-order valence-electron chi connectivity index (χ2n) is 15.4. The van der Waals surface area contributed by atoms with Crippen LogP contribution in [-0.4, -0.2) is 51.7 Å². The highest BCUT2D eigenvalue weighted by Crippen LogP contribution is 2.69. The van der Waals surface area contributed by atoms with Gasteiger partial charge in [0.25, 0.3) is 6.47 Å². The van der Waals surface area contributed by atoms with Crippen molar-refractivity contribution >= 4 is 18.0 Å². The van der Waals surface area contributed by atoms with Gasteiger partial charge in [0.1, 0.15) is 34.5 Å². The largest absolute Gasteiger partial charge is 0.507 e. The molecule has 0 radical (unpaired) electrons. The summed E-state index contributed by atoms with van der Waals surface area (Å²) in [6, 6.07) is 0. The molecule has 4 unspecified atom stereocenters. The van der Waals surface area contributed by atoms with Crippen LogP contribution in [0.5, 0.6) is 17.2 Å². The average molecular weight is 629 g/mol. The first-order valence-electron chi connectivity index (χ1n) is 16.5. The topological polar surface area (TPSA) is 108 Å². The predicted molar refractivity (Wildman–Crippen MR) is 171 cm³/mol. The van der Waals surface area contributed by atoms with E-state index in [1.807, 2.05) is 34.6 Å². The predicted octanol–water partition coefficient (Wildman–Crippen LogP) is 6.64. The van der Waals surface area contributed by atoms with E-state index in [4.69, 9.17) is 18.9 Å². The van der Waals surface area contributed by atoms with Crippen LogP contribution >= 0.6 is 0 Å². The van der Waals surface area contributed by atoms with E-state index >= 15 is 0 Å². The number of phenolic OH excluding ortho intramolecular Hbond substituents is 1. The zero-order valence-corrected chi connectivity index (χ0v) is 27.8. The van der Waals surface area contributed by atoms with Crippen molar-refractivity contribution in [3.63, 3.8) is 0 Å². The summed E-state index contributed by atoms with van der Waals surface area (Å²) >= 11 is 0. The zero-order chi connectivity index (χ0) is 33.1. The lowest BCUT2D eigenvalue weighted by Crippen LogP contribution is -2.71. The van der Waals surface area contributed by atoms with E-state index in [9.17, 15) is 19.5 Å². The molecule has 8 atom stereocenters. The van der Waals surface area contributed by atoms with Gasteiger partial charge < -0.3 is 24.1 Å². The fraction of sp³-hybridized carbons (Fsp3) is 0.553. The maximum atomic E-state index is 15.0. The highest BCUT2D eigenvalue weighted by molar-refractivity contribution is 6.19. The lowest BCUT2D eigenvalue weighted by atomic mass is 9.51. The first-order chi connectivity index (χ1) is 21.6. The third kappa shape index (κ3) is 3.91. The summed E-state index contributed by atoms with van der Waals surface area (Å²) < 4.78 is 25.9. The first kappa shape index (κ1) is 31.0. The van der Waals surface area contributed by atoms with Crippen molar-refractivity contribution in [1.29, 1.82) is 0 Å². The van der Waals surface area contributed by atoms with Gasteiger partial charge in [-0.05, 0) is 98.6 Å². The van der Waals surface area contributed by atoms with Gasteiger partial charge in [-0.1, -0.05) is 29.9 Å². The Kier molecular flexibility index (Phi) is 6.68. The Morgan fingerprint density at radius 3 is 2.59 bits per heavy atom. The maximum Gasteiger partial charge on any atom is 0.293 e. The number of rotatable bonds is 7. The Bertz CT molecular complexity index is 1690. The SMILES string of the molecule is C=C(C)[C@@H]1CC[C@@]2(C)CC1c1c(O)c3c(c(CC=C(C)C)c1O2)O[C@]12C(=CC4CC1C(C)(C)O[C@]2(/C=C/C(C)OC=O)C4=O)C3=O. The molecule has 2 saturated carbocycles. The number of allylic oxidation sites excluding steroid dienone is 4. The lowest BCUT2D eigenvalue weighted by molar-refractivity contribution is -0.160. The number of hydrogen-bond acceptors (Lipinski definition) is 8. The standard InChI is InChI=1S/C38H44O8/c1-19(2)9-10-24-32-28(25-17-36(8,44-32)13-12-23(25)20(3)4)31(41)29-30(40)26-15-22-16-27-35(6,7)46-37(34(22)42,14-11-21(5)43-18-39)38(26,27)45-33(24)29/h9,11,14-15,18,21-23,25,27,41H,3,10,12-13,16-17H2,1-2,4-8H3/b14-11+/t21?,22?,23-,25?,27?,36-,37+,38+/m0/s1. The van der Waals surface area contributed by atoms with Gasteiger partial charge in [0.15, 0.2) is 22.8 Å². The fourth-order valence-corrected chi connectivity index (χ4v) is 9.52. The van der Waals surface area contributed by atoms with Gasteiger partial charge in [-0.15, -0.1) is 0 Å². The Morgan fingerprint density at radius 2 is 1.91 bits per heavy atom. The summed E-state index contributed by atoms with van der Waals surface area (Å²) in [4.78, 5) is 40.4. The monoisotopic (exact) mass is 628 g/mol. The van der Waals surface area contributed by atoms with Crippen LogP contribution in [0.15, 0.2) is 47.6 Å². The van der Waals surface area contributed by atoms with Gasteiger partial charge in [0, 0.05) is 34.5 Å². The summed E-state index contributed by atoms with van der Waals surface area (Å²) in [6.45, 7) is 18.4. The molecule has 6 bridgehead atoms. The minimum atomic E-state index is -1.64. The third-order valence-electron chi connectivity index (χ3n) is 11.6. The fourth-order valence-electron chi connectivity index (χ4n) is 9.52. The van der Waals surface area contributed by atoms with E-state index in [1.165, 1.54) is 0 Å². The van der Waals surface area contributed by atoms with Crippen LogP contribution in [0.1, 0.15) is 102 Å². The number of carbonyl (C=O) groups is 3. The minimum Gasteiger partial charge on any atom is -0.507 e. The maximum absolute atomic E-state index is 15.0. The second-order valence-corrected chi connectivity index (χ2v) is 15.4. The molecule has 244 valence electrons. The van der Waals surface area contributed by atoms with Gasteiger partial charge in [-0.2, -0.15) is 0 Å². The van der Waals surface area contributed by atoms with Crippen LogP contribution < -0.4 is 9.47 Å². The van der Waals surface area contributed by atoms with E-state index in [0.717, 1.165) is 24.0 Å². The molecule has 8 heteroatoms. The number of carbonyl (C=O) groups excluding carboxylic acids is 3. The van der Waals surface area contributed by atoms with E-state index in [-0.39, 0.29) is 46.4 Å². The van der Waals surface area contributed by atoms with Crippen molar-refractivity contribution in [1.82, 2.24) is 0 Å². The number of fused-ring (bicyclic) bond motifs is 5. The van der Waals surface area contributed by atoms with Crippen molar-refractivity contribution in [3.8, 4) is 17.2 Å². The van der Waals surface area contributed by atoms with Crippen molar-refractivity contribution in [2.45, 2.75) is 115 Å². The van der Waals surface area contributed by atoms with Crippen molar-refractivity contribution in [3.05, 3.63) is 64.3 Å². The van der Waals surface area contributed by atoms with E-state index in [2.05, 4.69) is 19.6 Å². The number of ketones is 2. The summed E-state index contributed by atoms with van der Waals surface area (Å²) in [5, 5.41) is 12.2. The Hall–Kier alpha value is -3.65. The number of phenols is 1. The summed E-state index contributed by atoms with van der Waals surface area (Å²) in [5.74, 6) is -0.685. The average Bonchev–Trinajstić information content (AvgIpc) is 3.12. The normalized spacial score (nSPS) is 36.5. The summed E-state index contributed by atoms with van der Waals surface area (Å²) in [5.41, 5.74) is -0.480. The Morgan fingerprint density at radius 1 is 1.17 bits per heavy atom. The molecule has 4 aliphatic carbocycles. The van der Waals surface area contributed by atoms with Crippen LogP contribution in [0.2, 0.25) is 0 Å². The molecule has 3 aliphatic heterocycles. The molecule has 3 heterocycles. The molecule has 0 amide bonds. The molecule has 1 aromatic rings. The molecule has 8 nitrogen and oxygen atoms in total. The Balaban J connectivity index is 1.52. The highest BCUT2D eigenvalue weighted by Gasteiger charge is 2.81. The van der Waals surface area contributed by atoms with E-state index in [1.54, 1.807) is 25.2 Å². The second kappa shape index (κ2) is 9.93. The van der Waals surface area contributed by atoms with Crippen molar-refractivity contribution < 1.29 is 38.4 Å². The molecule has 3 fully saturated rings. The van der Waals surface area contributed by atoms with Gasteiger partial charge in [-0.25, -0.2) is 0 Å². The summed E-state index contributed by atoms with van der Waals surface area (Å²) in [7, 11) is 0. The van der Waals surface area contributed by atoms with Crippen molar-refractivity contribution in [2.75, 3.05) is 0 Å². The van der Waals surface area contributed by atoms with Gasteiger partial charge in [0.2, 0.25) is 0 Å². The van der Waals surface area contributed by atoms with Crippen LogP contribution in [0.25, 0.3) is 0 Å². The summed E-state index contributed by atoms with van der Waals surface area (Å²) in [6.07, 6.45) is 9.74. The molecule has 1 N–H and O–H groups in total. The minimum absolute atomic E-state index is 0.0650. The quantitative estimate of drug-likeness (QED) is 0.265. The molecule has 0 aromatic heterocycles. The Labute approximate surface area is 270 Å². The number of benzene rings is 1. The van der Waals surface area contributed by atoms with Crippen molar-refractivity contribution in [2.24, 2.45) is 17.8 Å². The van der Waals surface area contributed by atoms with Crippen LogP contribution in [-0.2, 0) is 25.5 Å². The first-order valence-corrected chi connectivity index (χ1v) is 16.5. The molecular weight excluding hydrogens is 584 g/mol. The number of Topliss-reactive ketones (excluding diaryl/α,β-unsaturated/α-hetero) is 2. The molecule has 7 aliphatic rings. The smallest absolute Gasteiger partial charge is 0.293 e. The lowest BCUT2D eigenvalue weighted by Gasteiger charge is -2.56. The molecule has 46 heavy (non-hydrogen) atoms. The van der Waals surface area contributed by atoms with Crippen LogP contribution in [0.3, 0.4) is 0 Å². The molecule has 1 saturated heterocycles. The molecular formula is C38H44O8. The van der Waals surface area contributed by atoms with Gasteiger partial charge in [0.05, 0.1) is 5.60 Å². The van der Waals surface area contributed by atoms with E-state index < -0.39 is 34.4 Å². The zero-order valence-electron chi connectivity index (χ0n) is 27.8. The number of ether oxygens (including phenoxy) is 4. The van der Waals surface area contributed by atoms with Gasteiger partial charge >= 0.3 is 0 Å². The number of hydrogen-bond donors (Lipinski definition) is 1. The molecule has 1 spiro atoms. The third-order valence-corrected chi connectivity index (χ3v) is 11.6. The molecule has 1 aromatic carbocycles. The van der Waals surface area contributed by atoms with E-state index in [0.29, 0.717) is 48.2 Å².